The number of nitrogens with one attached hydrogen (secondary N) is 1. The van der Waals surface area contributed by atoms with E-state index in [4.69, 9.17) is 0 Å². The second-order valence-electron chi connectivity index (χ2n) is 5.45. The van der Waals surface area contributed by atoms with Gasteiger partial charge in [0.15, 0.2) is 0 Å². The average molecular weight is 282 g/mol. The molecule has 2 rings (SSSR count). The van der Waals surface area contributed by atoms with Gasteiger partial charge in [-0.3, -0.25) is 4.79 Å². The van der Waals surface area contributed by atoms with E-state index in [2.05, 4.69) is 22.3 Å². The van der Waals surface area contributed by atoms with Crippen molar-refractivity contribution in [3.05, 3.63) is 71.8 Å². The van der Waals surface area contributed by atoms with Crippen molar-refractivity contribution in [3.63, 3.8) is 0 Å². The number of rotatable bonds is 5. The molecule has 0 aliphatic heterocycles. The van der Waals surface area contributed by atoms with Crippen LogP contribution in [0.25, 0.3) is 0 Å². The van der Waals surface area contributed by atoms with Gasteiger partial charge in [-0.2, -0.15) is 0 Å². The predicted molar refractivity (Wildman–Crippen MR) is 86.2 cm³/mol. The molecule has 2 aromatic rings. The van der Waals surface area contributed by atoms with E-state index in [1.807, 2.05) is 69.6 Å². The molecule has 2 unspecified atom stereocenters. The summed E-state index contributed by atoms with van der Waals surface area (Å²) in [5.74, 6) is -0.0362. The molecule has 0 fully saturated rings. The number of hydrogen-bond donors (Lipinski definition) is 1. The van der Waals surface area contributed by atoms with Gasteiger partial charge in [-0.05, 0) is 38.7 Å². The van der Waals surface area contributed by atoms with Crippen LogP contribution in [0.4, 0.5) is 0 Å². The van der Waals surface area contributed by atoms with E-state index in [0.29, 0.717) is 5.56 Å². The Hall–Kier alpha value is -2.13. The van der Waals surface area contributed by atoms with Gasteiger partial charge >= 0.3 is 0 Å². The summed E-state index contributed by atoms with van der Waals surface area (Å²) < 4.78 is 0. The number of hydrogen-bond acceptors (Lipinski definition) is 2. The van der Waals surface area contributed by atoms with Gasteiger partial charge in [-0.1, -0.05) is 48.5 Å². The lowest BCUT2D eigenvalue weighted by Crippen LogP contribution is -2.42. The molecule has 0 aliphatic carbocycles. The first-order chi connectivity index (χ1) is 10.1. The first-order valence-corrected chi connectivity index (χ1v) is 7.17. The van der Waals surface area contributed by atoms with Crippen LogP contribution in [0.5, 0.6) is 0 Å². The van der Waals surface area contributed by atoms with E-state index in [1.165, 1.54) is 5.56 Å². The molecule has 0 radical (unpaired) electrons. The summed E-state index contributed by atoms with van der Waals surface area (Å²) in [6, 6.07) is 19.7. The van der Waals surface area contributed by atoms with Crippen LogP contribution >= 0.6 is 0 Å². The van der Waals surface area contributed by atoms with Gasteiger partial charge < -0.3 is 10.2 Å². The second kappa shape index (κ2) is 7.04. The third kappa shape index (κ3) is 3.92. The van der Waals surface area contributed by atoms with Gasteiger partial charge in [-0.15, -0.1) is 0 Å². The second-order valence-corrected chi connectivity index (χ2v) is 5.45. The van der Waals surface area contributed by atoms with E-state index >= 15 is 0 Å². The Kier molecular flexibility index (Phi) is 5.12. The third-order valence-electron chi connectivity index (χ3n) is 3.57. The number of benzene rings is 2. The molecule has 3 heteroatoms. The predicted octanol–water partition coefficient (Wildman–Crippen LogP) is 3.11. The molecule has 0 aliphatic rings. The summed E-state index contributed by atoms with van der Waals surface area (Å²) >= 11 is 0. The lowest BCUT2D eigenvalue weighted by atomic mass is 9.99. The molecule has 2 atom stereocenters. The van der Waals surface area contributed by atoms with Crippen molar-refractivity contribution < 1.29 is 4.79 Å². The highest BCUT2D eigenvalue weighted by atomic mass is 16.1. The normalized spacial score (nSPS) is 13.7. The van der Waals surface area contributed by atoms with E-state index in [9.17, 15) is 4.79 Å². The number of carbonyl (C=O) groups is 1. The molecule has 0 spiro atoms. The van der Waals surface area contributed by atoms with Crippen LogP contribution in [0.2, 0.25) is 0 Å². The molecule has 0 saturated heterocycles. The van der Waals surface area contributed by atoms with Crippen molar-refractivity contribution >= 4 is 5.91 Å². The minimum atomic E-state index is -0.0362. The van der Waals surface area contributed by atoms with E-state index in [0.717, 1.165) is 0 Å². The molecule has 0 bridgehead atoms. The highest BCUT2D eigenvalue weighted by molar-refractivity contribution is 5.94. The molecule has 0 saturated carbocycles. The van der Waals surface area contributed by atoms with Crippen LogP contribution < -0.4 is 5.32 Å². The Balaban J connectivity index is 2.13. The van der Waals surface area contributed by atoms with Crippen molar-refractivity contribution in [3.8, 4) is 0 Å². The third-order valence-corrected chi connectivity index (χ3v) is 3.57. The van der Waals surface area contributed by atoms with Gasteiger partial charge in [0.1, 0.15) is 0 Å². The molecule has 21 heavy (non-hydrogen) atoms. The van der Waals surface area contributed by atoms with E-state index < -0.39 is 0 Å². The highest BCUT2D eigenvalue weighted by Gasteiger charge is 2.23. The van der Waals surface area contributed by atoms with Crippen molar-refractivity contribution in [2.75, 3.05) is 14.1 Å². The Morgan fingerprint density at radius 3 is 2.00 bits per heavy atom. The molecule has 1 N–H and O–H groups in total. The van der Waals surface area contributed by atoms with Gasteiger partial charge in [-0.25, -0.2) is 0 Å². The summed E-state index contributed by atoms with van der Waals surface area (Å²) in [5.41, 5.74) is 1.89. The summed E-state index contributed by atoms with van der Waals surface area (Å²) in [6.07, 6.45) is 0. The Labute approximate surface area is 126 Å². The van der Waals surface area contributed by atoms with Crippen LogP contribution in [-0.2, 0) is 0 Å². The standard InChI is InChI=1S/C18H22N2O/c1-14(19-18(21)16-12-8-5-9-13-16)17(20(2)3)15-10-6-4-7-11-15/h4-14,17H,1-3H3,(H,19,21). The maximum Gasteiger partial charge on any atom is 0.251 e. The van der Waals surface area contributed by atoms with Crippen molar-refractivity contribution in [2.45, 2.75) is 19.0 Å². The lowest BCUT2D eigenvalue weighted by Gasteiger charge is -2.31. The maximum atomic E-state index is 12.3. The summed E-state index contributed by atoms with van der Waals surface area (Å²) in [4.78, 5) is 14.4. The first-order valence-electron chi connectivity index (χ1n) is 7.17. The lowest BCUT2D eigenvalue weighted by molar-refractivity contribution is 0.0915. The SMILES string of the molecule is CC(NC(=O)c1ccccc1)C(c1ccccc1)N(C)C. The number of nitrogens with zero attached hydrogens (tertiary/aromatic N) is 1. The summed E-state index contributed by atoms with van der Waals surface area (Å²) in [7, 11) is 4.06. The van der Waals surface area contributed by atoms with Crippen LogP contribution in [-0.4, -0.2) is 30.9 Å². The number of amides is 1. The molecule has 3 nitrogen and oxygen atoms in total. The van der Waals surface area contributed by atoms with Crippen LogP contribution in [0.15, 0.2) is 60.7 Å². The van der Waals surface area contributed by atoms with E-state index in [-0.39, 0.29) is 18.0 Å². The van der Waals surface area contributed by atoms with Gasteiger partial charge in [0.25, 0.3) is 5.91 Å². The zero-order chi connectivity index (χ0) is 15.2. The van der Waals surface area contributed by atoms with Gasteiger partial charge in [0, 0.05) is 11.6 Å². The highest BCUT2D eigenvalue weighted by Crippen LogP contribution is 2.22. The summed E-state index contributed by atoms with van der Waals surface area (Å²) in [5, 5.41) is 3.10. The molecule has 0 heterocycles. The number of likely N-dealkylation sites (N-methyl/N-ethyl adjacent to an activating group) is 1. The zero-order valence-electron chi connectivity index (χ0n) is 12.8. The van der Waals surface area contributed by atoms with Crippen molar-refractivity contribution in [2.24, 2.45) is 0 Å². The minimum Gasteiger partial charge on any atom is -0.348 e. The van der Waals surface area contributed by atoms with E-state index in [1.54, 1.807) is 0 Å². The molecule has 110 valence electrons. The molecule has 1 amide bonds. The van der Waals surface area contributed by atoms with Gasteiger partial charge in [0.2, 0.25) is 0 Å². The smallest absolute Gasteiger partial charge is 0.251 e. The first kappa shape index (κ1) is 15.3. The quantitative estimate of drug-likeness (QED) is 0.914. The van der Waals surface area contributed by atoms with Crippen LogP contribution in [0, 0.1) is 0 Å². The Bertz CT molecular complexity index is 566. The monoisotopic (exact) mass is 282 g/mol. The Morgan fingerprint density at radius 2 is 1.48 bits per heavy atom. The van der Waals surface area contributed by atoms with Gasteiger partial charge in [0.05, 0.1) is 6.04 Å². The fourth-order valence-electron chi connectivity index (χ4n) is 2.64. The maximum absolute atomic E-state index is 12.3. The van der Waals surface area contributed by atoms with Crippen molar-refractivity contribution in [1.29, 1.82) is 0 Å². The molecular formula is C18H22N2O. The minimum absolute atomic E-state index is 0.00936. The zero-order valence-corrected chi connectivity index (χ0v) is 12.8. The van der Waals surface area contributed by atoms with Crippen LogP contribution in [0.3, 0.4) is 0 Å². The summed E-state index contributed by atoms with van der Waals surface area (Å²) in [6.45, 7) is 2.04. The molecular weight excluding hydrogens is 260 g/mol. The average Bonchev–Trinajstić information content (AvgIpc) is 2.49. The molecule has 0 aromatic heterocycles. The topological polar surface area (TPSA) is 32.3 Å². The Morgan fingerprint density at radius 1 is 0.952 bits per heavy atom. The van der Waals surface area contributed by atoms with Crippen LogP contribution in [0.1, 0.15) is 28.9 Å². The fraction of sp³-hybridized carbons (Fsp3) is 0.278. The van der Waals surface area contributed by atoms with Crippen molar-refractivity contribution in [1.82, 2.24) is 10.2 Å². The molecule has 2 aromatic carbocycles. The fourth-order valence-corrected chi connectivity index (χ4v) is 2.64. The largest absolute Gasteiger partial charge is 0.348 e. The number of carbonyl (C=O) groups excluding carboxylic acids is 1.